The number of methoxy groups -OCH3 is 1. The Balaban J connectivity index is 1.82. The number of hydrogen-bond donors (Lipinski definition) is 1. The molecule has 7 heteroatoms. The van der Waals surface area contributed by atoms with Crippen LogP contribution in [0.15, 0.2) is 35.2 Å². The van der Waals surface area contributed by atoms with Crippen LogP contribution in [0.25, 0.3) is 0 Å². The first-order valence-corrected chi connectivity index (χ1v) is 9.12. The summed E-state index contributed by atoms with van der Waals surface area (Å²) in [5.41, 5.74) is 0. The second kappa shape index (κ2) is 5.51. The highest BCUT2D eigenvalue weighted by Crippen LogP contribution is 2.58. The van der Waals surface area contributed by atoms with Crippen molar-refractivity contribution in [1.82, 2.24) is 4.72 Å². The minimum Gasteiger partial charge on any atom is -0.468 e. The van der Waals surface area contributed by atoms with Crippen molar-refractivity contribution in [1.29, 1.82) is 0 Å². The average molecular weight is 344 g/mol. The van der Waals surface area contributed by atoms with E-state index in [-0.39, 0.29) is 22.8 Å². The predicted octanol–water partition coefficient (Wildman–Crippen LogP) is 1.91. The number of hydrogen-bond acceptors (Lipinski definition) is 4. The van der Waals surface area contributed by atoms with Gasteiger partial charge in [0, 0.05) is 17.9 Å². The van der Waals surface area contributed by atoms with E-state index in [0.717, 1.165) is 19.3 Å². The van der Waals surface area contributed by atoms with Crippen LogP contribution in [0, 0.1) is 11.8 Å². The first-order valence-electron chi connectivity index (χ1n) is 7.26. The van der Waals surface area contributed by atoms with Crippen molar-refractivity contribution in [2.75, 3.05) is 7.11 Å². The number of rotatable bonds is 4. The Bertz CT molecular complexity index is 664. The fourth-order valence-corrected chi connectivity index (χ4v) is 5.67. The number of halogens is 1. The minimum absolute atomic E-state index is 0.221. The highest BCUT2D eigenvalue weighted by Gasteiger charge is 2.68. The lowest BCUT2D eigenvalue weighted by Gasteiger charge is -2.59. The number of ether oxygens (including phenoxy) is 1. The van der Waals surface area contributed by atoms with Gasteiger partial charge in [0.1, 0.15) is 0 Å². The largest absolute Gasteiger partial charge is 0.468 e. The van der Waals surface area contributed by atoms with Gasteiger partial charge in [-0.3, -0.25) is 4.79 Å². The van der Waals surface area contributed by atoms with E-state index < -0.39 is 20.9 Å². The number of carbonyl (C=O) groups is 1. The molecule has 22 heavy (non-hydrogen) atoms. The molecule has 0 aromatic heterocycles. The molecule has 5 nitrogen and oxygen atoms in total. The molecule has 2 bridgehead atoms. The number of fused-ring (bicyclic) bond motifs is 2. The summed E-state index contributed by atoms with van der Waals surface area (Å²) in [4.78, 5) is 11.1. The monoisotopic (exact) mass is 343 g/mol. The van der Waals surface area contributed by atoms with Gasteiger partial charge in [0.15, 0.2) is 4.87 Å². The van der Waals surface area contributed by atoms with Gasteiger partial charge in [-0.2, -0.15) is 0 Å². The van der Waals surface area contributed by atoms with E-state index in [1.807, 2.05) is 0 Å². The summed E-state index contributed by atoms with van der Waals surface area (Å²) in [6.07, 6.45) is 2.39. The first-order chi connectivity index (χ1) is 10.4. The van der Waals surface area contributed by atoms with E-state index in [1.165, 1.54) is 7.11 Å². The Hall–Kier alpha value is -1.11. The molecular weight excluding hydrogens is 326 g/mol. The molecule has 1 aromatic carbocycles. The van der Waals surface area contributed by atoms with Crippen LogP contribution in [0.1, 0.15) is 19.3 Å². The number of nitrogens with one attached hydrogen (secondary N) is 1. The lowest BCUT2D eigenvalue weighted by atomic mass is 9.53. The van der Waals surface area contributed by atoms with Gasteiger partial charge in [-0.1, -0.05) is 24.6 Å². The van der Waals surface area contributed by atoms with E-state index >= 15 is 0 Å². The van der Waals surface area contributed by atoms with E-state index in [0.29, 0.717) is 0 Å². The molecule has 1 N–H and O–H groups in total. The Morgan fingerprint density at radius 3 is 2.41 bits per heavy atom. The van der Waals surface area contributed by atoms with Crippen molar-refractivity contribution in [3.8, 4) is 0 Å². The fraction of sp³-hybridized carbons (Fsp3) is 0.533. The van der Waals surface area contributed by atoms with Crippen LogP contribution in [0.2, 0.25) is 0 Å². The first kappa shape index (κ1) is 15.8. The summed E-state index contributed by atoms with van der Waals surface area (Å²) in [5.74, 6) is -0.906. The Kier molecular flexibility index (Phi) is 3.95. The van der Waals surface area contributed by atoms with E-state index in [1.54, 1.807) is 30.3 Å². The van der Waals surface area contributed by atoms with Crippen LogP contribution in [0.5, 0.6) is 0 Å². The van der Waals surface area contributed by atoms with Gasteiger partial charge >= 0.3 is 5.97 Å². The van der Waals surface area contributed by atoms with Crippen molar-refractivity contribution < 1.29 is 17.9 Å². The molecular formula is C15H18ClNO4S. The molecule has 0 saturated heterocycles. The second-order valence-corrected chi connectivity index (χ2v) is 8.20. The topological polar surface area (TPSA) is 72.5 Å². The number of carbonyl (C=O) groups excluding carboxylic acids is 1. The molecule has 0 radical (unpaired) electrons. The molecule has 2 aliphatic carbocycles. The molecule has 0 aliphatic heterocycles. The molecule has 120 valence electrons. The molecule has 1 aromatic rings. The third kappa shape index (κ3) is 2.25. The molecule has 2 atom stereocenters. The third-order valence-corrected chi connectivity index (χ3v) is 7.01. The minimum atomic E-state index is -3.61. The van der Waals surface area contributed by atoms with Gasteiger partial charge in [-0.25, -0.2) is 13.1 Å². The number of sulfonamides is 1. The van der Waals surface area contributed by atoms with Crippen molar-refractivity contribution in [3.63, 3.8) is 0 Å². The van der Waals surface area contributed by atoms with Crippen molar-refractivity contribution >= 4 is 27.6 Å². The smallest absolute Gasteiger partial charge is 0.327 e. The quantitative estimate of drug-likeness (QED) is 0.669. The van der Waals surface area contributed by atoms with Gasteiger partial charge in [0.2, 0.25) is 10.0 Å². The lowest BCUT2D eigenvalue weighted by molar-refractivity contribution is -0.158. The van der Waals surface area contributed by atoms with E-state index in [9.17, 15) is 13.2 Å². The highest BCUT2D eigenvalue weighted by atomic mass is 35.5. The highest BCUT2D eigenvalue weighted by molar-refractivity contribution is 7.89. The molecule has 0 amide bonds. The van der Waals surface area contributed by atoms with Crippen LogP contribution in [-0.2, 0) is 19.6 Å². The molecule has 0 spiro atoms. The maximum absolute atomic E-state index is 12.4. The summed E-state index contributed by atoms with van der Waals surface area (Å²) < 4.78 is 32.4. The molecule has 2 saturated carbocycles. The maximum Gasteiger partial charge on any atom is 0.327 e. The predicted molar refractivity (Wildman–Crippen MR) is 82.0 cm³/mol. The Labute approximate surface area is 135 Å². The SMILES string of the molecule is COC(=O)C1(Cl)[C@H]2CCC[C@H]1C2NS(=O)(=O)c1ccccc1. The van der Waals surface area contributed by atoms with Gasteiger partial charge in [0.05, 0.1) is 12.0 Å². The summed E-state index contributed by atoms with van der Waals surface area (Å²) in [7, 11) is -2.30. The second-order valence-electron chi connectivity index (χ2n) is 5.86. The average Bonchev–Trinajstić information content (AvgIpc) is 2.55. The molecule has 2 fully saturated rings. The lowest BCUT2D eigenvalue weighted by Crippen LogP contribution is -2.73. The van der Waals surface area contributed by atoms with Gasteiger partial charge in [0.25, 0.3) is 0 Å². The van der Waals surface area contributed by atoms with Crippen LogP contribution in [0.4, 0.5) is 0 Å². The third-order valence-electron chi connectivity index (χ3n) is 4.82. The van der Waals surface area contributed by atoms with Crippen LogP contribution < -0.4 is 4.72 Å². The number of benzene rings is 1. The summed E-state index contributed by atoms with van der Waals surface area (Å²) in [6.45, 7) is 0. The van der Waals surface area contributed by atoms with Crippen LogP contribution in [-0.4, -0.2) is 32.4 Å². The number of esters is 1. The summed E-state index contributed by atoms with van der Waals surface area (Å²) in [5, 5.41) is 0. The number of alkyl halides is 1. The van der Waals surface area contributed by atoms with Crippen LogP contribution >= 0.6 is 11.6 Å². The van der Waals surface area contributed by atoms with Gasteiger partial charge in [-0.05, 0) is 25.0 Å². The normalized spacial score (nSPS) is 33.8. The van der Waals surface area contributed by atoms with E-state index in [4.69, 9.17) is 16.3 Å². The van der Waals surface area contributed by atoms with Crippen LogP contribution in [0.3, 0.4) is 0 Å². The zero-order valence-corrected chi connectivity index (χ0v) is 13.7. The Morgan fingerprint density at radius 2 is 1.86 bits per heavy atom. The van der Waals surface area contributed by atoms with Gasteiger partial charge in [-0.15, -0.1) is 11.6 Å². The van der Waals surface area contributed by atoms with Crippen molar-refractivity contribution in [2.24, 2.45) is 11.8 Å². The zero-order valence-electron chi connectivity index (χ0n) is 12.2. The summed E-state index contributed by atoms with van der Waals surface area (Å²) >= 11 is 6.49. The van der Waals surface area contributed by atoms with Crippen molar-refractivity contribution in [2.45, 2.75) is 35.1 Å². The zero-order chi connectivity index (χ0) is 16.0. The maximum atomic E-state index is 12.4. The van der Waals surface area contributed by atoms with Gasteiger partial charge < -0.3 is 4.74 Å². The fourth-order valence-electron chi connectivity index (χ4n) is 3.77. The standard InChI is InChI=1S/C15H18ClNO4S/c1-21-14(18)15(16)11-8-5-9-12(15)13(11)17-22(19,20)10-6-3-2-4-7-10/h2-4,6-7,11-13,17H,5,8-9H2,1H3/t11-,12-,13?,15?/m0/s1. The Morgan fingerprint density at radius 1 is 1.27 bits per heavy atom. The summed E-state index contributed by atoms with van der Waals surface area (Å²) in [6, 6.07) is 7.90. The van der Waals surface area contributed by atoms with E-state index in [2.05, 4.69) is 4.72 Å². The molecule has 2 aliphatic rings. The molecule has 3 rings (SSSR count). The molecule has 0 unspecified atom stereocenters. The molecule has 0 heterocycles. The van der Waals surface area contributed by atoms with Crippen molar-refractivity contribution in [3.05, 3.63) is 30.3 Å².